The second kappa shape index (κ2) is 14.1. The molecule has 2 amide bonds. The minimum Gasteiger partial charge on any atom is -0.483 e. The Labute approximate surface area is 188 Å². The van der Waals surface area contributed by atoms with E-state index in [4.69, 9.17) is 14.6 Å². The molecule has 31 heavy (non-hydrogen) atoms. The maximum Gasteiger partial charge on any atom is 0.290 e. The number of nitrogens with one attached hydrogen (secondary N) is 1. The fraction of sp³-hybridized carbons (Fsp3) is 0.714. The molecule has 2 N–H and O–H groups in total. The van der Waals surface area contributed by atoms with Crippen LogP contribution in [-0.2, 0) is 25.7 Å². The van der Waals surface area contributed by atoms with Crippen LogP contribution in [0.1, 0.15) is 50.2 Å². The third kappa shape index (κ3) is 9.75. The zero-order valence-electron chi connectivity index (χ0n) is 19.2. The van der Waals surface area contributed by atoms with E-state index in [9.17, 15) is 9.59 Å². The molecule has 2 atom stereocenters. The number of ether oxygens (including phenoxy) is 1. The highest BCUT2D eigenvalue weighted by Gasteiger charge is 2.29. The molecule has 1 aliphatic heterocycles. The smallest absolute Gasteiger partial charge is 0.290 e. The van der Waals surface area contributed by atoms with Crippen LogP contribution in [-0.4, -0.2) is 84.6 Å². The summed E-state index contributed by atoms with van der Waals surface area (Å²) >= 11 is 1.65. The lowest BCUT2D eigenvalue weighted by Gasteiger charge is -2.24. The number of amides is 2. The molecule has 0 radical (unpaired) electrons. The first-order valence-corrected chi connectivity index (χ1v) is 11.4. The lowest BCUT2D eigenvalue weighted by Crippen LogP contribution is -2.43. The Morgan fingerprint density at radius 3 is 2.68 bits per heavy atom. The van der Waals surface area contributed by atoms with Crippen molar-refractivity contribution in [2.75, 3.05) is 40.4 Å². The van der Waals surface area contributed by atoms with Crippen molar-refractivity contribution in [1.82, 2.24) is 20.1 Å². The molecule has 10 heteroatoms. The molecule has 0 aromatic carbocycles. The van der Waals surface area contributed by atoms with Crippen LogP contribution in [0.3, 0.4) is 0 Å². The van der Waals surface area contributed by atoms with Crippen molar-refractivity contribution in [3.05, 3.63) is 16.1 Å². The highest BCUT2D eigenvalue weighted by atomic mass is 32.1. The standard InChI is InChI=1S/C20H34N4O3S.CH2O2/c1-6-27-12-18(25)21-16-8-7-15(9-23(4)10-16)20(26)24(5)11-17-13-28-19(22-17)14(2)3;2-1-3/h13-16H,6-12H2,1-5H3,(H,21,25);1H,(H,2,3)/t15-,16+;/m1./s1. The first-order chi connectivity index (χ1) is 14.7. The molecule has 2 rings (SSSR count). The van der Waals surface area contributed by atoms with Gasteiger partial charge in [-0.2, -0.15) is 0 Å². The number of aromatic nitrogens is 1. The van der Waals surface area contributed by atoms with Crippen molar-refractivity contribution in [3.8, 4) is 0 Å². The van der Waals surface area contributed by atoms with Gasteiger partial charge >= 0.3 is 0 Å². The van der Waals surface area contributed by atoms with Gasteiger partial charge in [0.1, 0.15) is 6.61 Å². The van der Waals surface area contributed by atoms with Crippen molar-refractivity contribution in [3.63, 3.8) is 0 Å². The van der Waals surface area contributed by atoms with Gasteiger partial charge in [-0.3, -0.25) is 14.4 Å². The largest absolute Gasteiger partial charge is 0.483 e. The van der Waals surface area contributed by atoms with E-state index in [0.717, 1.165) is 30.1 Å². The summed E-state index contributed by atoms with van der Waals surface area (Å²) in [6, 6.07) is 0.0493. The minimum atomic E-state index is -0.250. The Bertz CT molecular complexity index is 697. The van der Waals surface area contributed by atoms with E-state index in [-0.39, 0.29) is 36.9 Å². The number of likely N-dealkylation sites (tertiary alicyclic amines) is 1. The van der Waals surface area contributed by atoms with Gasteiger partial charge in [0.25, 0.3) is 6.47 Å². The summed E-state index contributed by atoms with van der Waals surface area (Å²) in [5, 5.41) is 13.1. The molecule has 1 saturated heterocycles. The maximum absolute atomic E-state index is 13.0. The maximum atomic E-state index is 13.0. The van der Waals surface area contributed by atoms with Crippen LogP contribution in [0.25, 0.3) is 0 Å². The molecule has 176 valence electrons. The summed E-state index contributed by atoms with van der Waals surface area (Å²) in [5.41, 5.74) is 0.951. The monoisotopic (exact) mass is 456 g/mol. The molecular formula is C21H36N4O5S. The molecule has 1 aromatic rings. The van der Waals surface area contributed by atoms with Gasteiger partial charge < -0.3 is 25.0 Å². The fourth-order valence-electron chi connectivity index (χ4n) is 3.49. The Morgan fingerprint density at radius 2 is 2.10 bits per heavy atom. The van der Waals surface area contributed by atoms with Gasteiger partial charge in [0.2, 0.25) is 11.8 Å². The predicted molar refractivity (Wildman–Crippen MR) is 120 cm³/mol. The summed E-state index contributed by atoms with van der Waals surface area (Å²) in [4.78, 5) is 41.8. The summed E-state index contributed by atoms with van der Waals surface area (Å²) in [6.45, 7) is 8.48. The van der Waals surface area contributed by atoms with Gasteiger partial charge in [-0.1, -0.05) is 13.8 Å². The number of hydrogen-bond acceptors (Lipinski definition) is 7. The number of carboxylic acid groups (broad SMARTS) is 1. The van der Waals surface area contributed by atoms with E-state index in [1.165, 1.54) is 0 Å². The van der Waals surface area contributed by atoms with Gasteiger partial charge in [0, 0.05) is 44.1 Å². The normalized spacial score (nSPS) is 19.2. The molecule has 2 heterocycles. The molecule has 0 bridgehead atoms. The molecule has 1 fully saturated rings. The van der Waals surface area contributed by atoms with Crippen LogP contribution in [0.2, 0.25) is 0 Å². The van der Waals surface area contributed by atoms with E-state index >= 15 is 0 Å². The summed E-state index contributed by atoms with van der Waals surface area (Å²) < 4.78 is 5.17. The Hall–Kier alpha value is -2.04. The van der Waals surface area contributed by atoms with Gasteiger partial charge in [-0.05, 0) is 26.8 Å². The van der Waals surface area contributed by atoms with Gasteiger partial charge in [-0.25, -0.2) is 4.98 Å². The predicted octanol–water partition coefficient (Wildman–Crippen LogP) is 1.79. The van der Waals surface area contributed by atoms with E-state index in [2.05, 4.69) is 29.0 Å². The van der Waals surface area contributed by atoms with Crippen molar-refractivity contribution < 1.29 is 24.2 Å². The lowest BCUT2D eigenvalue weighted by atomic mass is 10.0. The summed E-state index contributed by atoms with van der Waals surface area (Å²) in [6.07, 6.45) is 1.56. The second-order valence-corrected chi connectivity index (χ2v) is 8.92. The van der Waals surface area contributed by atoms with Crippen molar-refractivity contribution in [2.45, 2.75) is 52.1 Å². The van der Waals surface area contributed by atoms with Crippen LogP contribution >= 0.6 is 11.3 Å². The number of thiazole rings is 1. The van der Waals surface area contributed by atoms with E-state index in [0.29, 0.717) is 25.6 Å². The number of carbonyl (C=O) groups is 3. The average molecular weight is 457 g/mol. The van der Waals surface area contributed by atoms with Crippen LogP contribution in [0, 0.1) is 5.92 Å². The van der Waals surface area contributed by atoms with E-state index < -0.39 is 0 Å². The Kier molecular flexibility index (Phi) is 12.3. The molecule has 9 nitrogen and oxygen atoms in total. The summed E-state index contributed by atoms with van der Waals surface area (Å²) in [5.74, 6) is 0.399. The Morgan fingerprint density at radius 1 is 1.42 bits per heavy atom. The molecule has 0 unspecified atom stereocenters. The van der Waals surface area contributed by atoms with Crippen LogP contribution in [0.4, 0.5) is 0 Å². The van der Waals surface area contributed by atoms with E-state index in [1.54, 1.807) is 16.2 Å². The minimum absolute atomic E-state index is 0.0493. The molecule has 1 aromatic heterocycles. The topological polar surface area (TPSA) is 112 Å². The highest BCUT2D eigenvalue weighted by molar-refractivity contribution is 7.09. The first kappa shape index (κ1) is 27.0. The number of rotatable bonds is 8. The summed E-state index contributed by atoms with van der Waals surface area (Å²) in [7, 11) is 3.85. The SMILES string of the molecule is CCOCC(=O)N[C@H]1CC[C@@H](C(=O)N(C)Cc2csc(C(C)C)n2)CN(C)C1.O=CO. The molecule has 1 aliphatic rings. The van der Waals surface area contributed by atoms with Crippen molar-refractivity contribution in [1.29, 1.82) is 0 Å². The quantitative estimate of drug-likeness (QED) is 0.574. The number of carbonyl (C=O) groups excluding carboxylic acids is 2. The third-order valence-electron chi connectivity index (χ3n) is 4.92. The highest BCUT2D eigenvalue weighted by Crippen LogP contribution is 2.22. The van der Waals surface area contributed by atoms with Gasteiger partial charge in [-0.15, -0.1) is 11.3 Å². The van der Waals surface area contributed by atoms with Crippen molar-refractivity contribution >= 4 is 29.6 Å². The zero-order valence-corrected chi connectivity index (χ0v) is 20.0. The molecule has 0 saturated carbocycles. The third-order valence-corrected chi connectivity index (χ3v) is 6.11. The Balaban J connectivity index is 0.00000151. The first-order valence-electron chi connectivity index (χ1n) is 10.5. The van der Waals surface area contributed by atoms with Crippen molar-refractivity contribution in [2.24, 2.45) is 5.92 Å². The number of hydrogen-bond donors (Lipinski definition) is 2. The fourth-order valence-corrected chi connectivity index (χ4v) is 4.31. The zero-order chi connectivity index (χ0) is 23.4. The lowest BCUT2D eigenvalue weighted by molar-refractivity contribution is -0.135. The molecule has 0 aliphatic carbocycles. The van der Waals surface area contributed by atoms with Crippen LogP contribution < -0.4 is 5.32 Å². The van der Waals surface area contributed by atoms with Gasteiger partial charge in [0.05, 0.1) is 23.2 Å². The average Bonchev–Trinajstić information content (AvgIpc) is 3.10. The van der Waals surface area contributed by atoms with Gasteiger partial charge in [0.15, 0.2) is 0 Å². The number of likely N-dealkylation sites (N-methyl/N-ethyl adjacent to an activating group) is 1. The van der Waals surface area contributed by atoms with Crippen LogP contribution in [0.5, 0.6) is 0 Å². The van der Waals surface area contributed by atoms with Crippen LogP contribution in [0.15, 0.2) is 5.38 Å². The molecular weight excluding hydrogens is 420 g/mol. The number of nitrogens with zero attached hydrogens (tertiary/aromatic N) is 3. The second-order valence-electron chi connectivity index (χ2n) is 8.03. The molecule has 0 spiro atoms. The van der Waals surface area contributed by atoms with E-state index in [1.807, 2.05) is 26.4 Å².